The van der Waals surface area contributed by atoms with Crippen LogP contribution in [0.4, 0.5) is 5.82 Å². The Labute approximate surface area is 158 Å². The molecule has 1 aliphatic heterocycles. The van der Waals surface area contributed by atoms with Crippen molar-refractivity contribution < 1.29 is 9.53 Å². The molecule has 0 saturated carbocycles. The third-order valence-corrected chi connectivity index (χ3v) is 4.96. The molecular weight excluding hydrogens is 340 g/mol. The van der Waals surface area contributed by atoms with Crippen molar-refractivity contribution in [2.75, 3.05) is 11.9 Å². The van der Waals surface area contributed by atoms with E-state index in [2.05, 4.69) is 43.3 Å². The van der Waals surface area contributed by atoms with Crippen molar-refractivity contribution >= 4 is 22.6 Å². The molecule has 140 valence electrons. The minimum atomic E-state index is -0.384. The normalized spacial score (nSPS) is 16.8. The summed E-state index contributed by atoms with van der Waals surface area (Å²) in [4.78, 5) is 17.3. The molecule has 6 nitrogen and oxygen atoms in total. The van der Waals surface area contributed by atoms with E-state index in [0.717, 1.165) is 40.6 Å². The Kier molecular flexibility index (Phi) is 4.44. The van der Waals surface area contributed by atoms with Crippen LogP contribution in [0.3, 0.4) is 0 Å². The van der Waals surface area contributed by atoms with Crippen molar-refractivity contribution in [1.82, 2.24) is 14.8 Å². The van der Waals surface area contributed by atoms with E-state index in [9.17, 15) is 4.79 Å². The van der Waals surface area contributed by atoms with Gasteiger partial charge in [0.1, 0.15) is 11.9 Å². The van der Waals surface area contributed by atoms with Crippen molar-refractivity contribution in [1.29, 1.82) is 0 Å². The van der Waals surface area contributed by atoms with Crippen molar-refractivity contribution in [3.05, 3.63) is 46.6 Å². The molecule has 6 heteroatoms. The Morgan fingerprint density at radius 1 is 1.15 bits per heavy atom. The molecule has 3 aromatic rings. The number of rotatable bonds is 3. The van der Waals surface area contributed by atoms with Gasteiger partial charge in [-0.05, 0) is 63.8 Å². The number of benzene rings is 1. The smallest absolute Gasteiger partial charge is 0.254 e. The first-order valence-corrected chi connectivity index (χ1v) is 9.30. The first kappa shape index (κ1) is 17.7. The fourth-order valence-corrected chi connectivity index (χ4v) is 3.69. The zero-order valence-electron chi connectivity index (χ0n) is 16.2. The highest BCUT2D eigenvalue weighted by molar-refractivity contribution is 5.94. The Morgan fingerprint density at radius 2 is 1.96 bits per heavy atom. The third kappa shape index (κ3) is 3.32. The van der Waals surface area contributed by atoms with Crippen LogP contribution in [-0.4, -0.2) is 33.4 Å². The molecule has 3 heterocycles. The van der Waals surface area contributed by atoms with Gasteiger partial charge in [0, 0.05) is 18.1 Å². The largest absolute Gasteiger partial charge is 0.368 e. The maximum atomic E-state index is 12.5. The van der Waals surface area contributed by atoms with E-state index in [1.165, 1.54) is 5.56 Å². The molecule has 1 amide bonds. The van der Waals surface area contributed by atoms with Crippen molar-refractivity contribution in [3.63, 3.8) is 0 Å². The number of anilines is 1. The number of hydrogen-bond donors (Lipinski definition) is 1. The molecule has 0 spiro atoms. The number of aryl methyl sites for hydroxylation is 4. The number of nitrogens with one attached hydrogen (secondary N) is 1. The summed E-state index contributed by atoms with van der Waals surface area (Å²) in [6.45, 7) is 8.78. The number of carbonyl (C=O) groups is 1. The van der Waals surface area contributed by atoms with E-state index in [1.807, 2.05) is 19.1 Å². The molecule has 1 atom stereocenters. The van der Waals surface area contributed by atoms with Crippen LogP contribution in [0.2, 0.25) is 0 Å². The number of ether oxygens (including phenoxy) is 1. The molecule has 2 aromatic heterocycles. The monoisotopic (exact) mass is 364 g/mol. The number of nitrogens with zero attached hydrogens (tertiary/aromatic N) is 3. The molecule has 1 fully saturated rings. The number of pyridine rings is 1. The fraction of sp³-hybridized carbons (Fsp3) is 0.381. The Hall–Kier alpha value is -2.73. The van der Waals surface area contributed by atoms with Crippen LogP contribution in [-0.2, 0) is 9.53 Å². The lowest BCUT2D eigenvalue weighted by Gasteiger charge is -2.14. The van der Waals surface area contributed by atoms with Gasteiger partial charge >= 0.3 is 0 Å². The number of fused-ring (bicyclic) bond motifs is 1. The molecule has 0 bridgehead atoms. The van der Waals surface area contributed by atoms with E-state index < -0.39 is 0 Å². The van der Waals surface area contributed by atoms with Gasteiger partial charge in [-0.2, -0.15) is 9.78 Å². The average Bonchev–Trinajstić information content (AvgIpc) is 3.25. The second-order valence-electron chi connectivity index (χ2n) is 7.35. The van der Waals surface area contributed by atoms with Gasteiger partial charge in [0.25, 0.3) is 5.91 Å². The lowest BCUT2D eigenvalue weighted by atomic mass is 10.0. The molecule has 1 unspecified atom stereocenters. The Bertz CT molecular complexity index is 1030. The quantitative estimate of drug-likeness (QED) is 0.768. The predicted molar refractivity (Wildman–Crippen MR) is 105 cm³/mol. The molecule has 1 N–H and O–H groups in total. The van der Waals surface area contributed by atoms with Gasteiger partial charge < -0.3 is 10.1 Å². The van der Waals surface area contributed by atoms with Crippen LogP contribution >= 0.6 is 0 Å². The minimum Gasteiger partial charge on any atom is -0.368 e. The number of carbonyl (C=O) groups excluding carboxylic acids is 1. The van der Waals surface area contributed by atoms with E-state index in [1.54, 1.807) is 4.68 Å². The fourth-order valence-electron chi connectivity index (χ4n) is 3.69. The van der Waals surface area contributed by atoms with Gasteiger partial charge in [-0.3, -0.25) is 4.79 Å². The van der Waals surface area contributed by atoms with E-state index in [-0.39, 0.29) is 12.0 Å². The summed E-state index contributed by atoms with van der Waals surface area (Å²) in [6, 6.07) is 8.15. The summed E-state index contributed by atoms with van der Waals surface area (Å²) in [5, 5.41) is 8.66. The highest BCUT2D eigenvalue weighted by Gasteiger charge is 2.25. The molecule has 1 aliphatic rings. The summed E-state index contributed by atoms with van der Waals surface area (Å²) >= 11 is 0. The van der Waals surface area contributed by atoms with Crippen LogP contribution in [0.1, 0.15) is 35.2 Å². The van der Waals surface area contributed by atoms with Crippen LogP contribution in [0.15, 0.2) is 24.3 Å². The second kappa shape index (κ2) is 6.78. The van der Waals surface area contributed by atoms with Gasteiger partial charge in [0.2, 0.25) is 0 Å². The number of amides is 1. The van der Waals surface area contributed by atoms with Crippen LogP contribution in [0.25, 0.3) is 16.7 Å². The average molecular weight is 364 g/mol. The van der Waals surface area contributed by atoms with Crippen LogP contribution in [0.5, 0.6) is 0 Å². The van der Waals surface area contributed by atoms with Gasteiger partial charge in [-0.15, -0.1) is 0 Å². The van der Waals surface area contributed by atoms with Crippen LogP contribution in [0, 0.1) is 27.7 Å². The summed E-state index contributed by atoms with van der Waals surface area (Å²) < 4.78 is 7.19. The maximum Gasteiger partial charge on any atom is 0.254 e. The van der Waals surface area contributed by atoms with Crippen LogP contribution < -0.4 is 5.32 Å². The van der Waals surface area contributed by atoms with E-state index >= 15 is 0 Å². The second-order valence-corrected chi connectivity index (χ2v) is 7.35. The zero-order valence-corrected chi connectivity index (χ0v) is 16.2. The molecule has 27 heavy (non-hydrogen) atoms. The first-order valence-electron chi connectivity index (χ1n) is 9.30. The van der Waals surface area contributed by atoms with Crippen molar-refractivity contribution in [3.8, 4) is 5.82 Å². The Morgan fingerprint density at radius 3 is 2.70 bits per heavy atom. The lowest BCUT2D eigenvalue weighted by Crippen LogP contribution is -2.28. The molecule has 0 aliphatic carbocycles. The number of hydrogen-bond acceptors (Lipinski definition) is 4. The highest BCUT2D eigenvalue weighted by Crippen LogP contribution is 2.26. The molecule has 1 saturated heterocycles. The summed E-state index contributed by atoms with van der Waals surface area (Å²) in [7, 11) is 0. The van der Waals surface area contributed by atoms with E-state index in [0.29, 0.717) is 18.2 Å². The van der Waals surface area contributed by atoms with E-state index in [4.69, 9.17) is 9.72 Å². The van der Waals surface area contributed by atoms with Gasteiger partial charge in [0.05, 0.1) is 11.2 Å². The molecule has 4 rings (SSSR count). The summed E-state index contributed by atoms with van der Waals surface area (Å²) in [6.07, 6.45) is 1.29. The van der Waals surface area contributed by atoms with Gasteiger partial charge in [-0.1, -0.05) is 11.6 Å². The SMILES string of the molecule is Cc1cc(C)c2nc(-n3nc(C)cc3NC(=O)C3CCCO3)cc(C)c2c1. The standard InChI is InChI=1S/C21H24N4O2/c1-12-8-14(3)20-16(9-12)13(2)10-18(22-20)25-19(11-15(4)24-25)23-21(26)17-6-5-7-27-17/h8-11,17H,5-7H2,1-4H3,(H,23,26). The summed E-state index contributed by atoms with van der Waals surface area (Å²) in [5.74, 6) is 1.18. The first-order chi connectivity index (χ1) is 12.9. The summed E-state index contributed by atoms with van der Waals surface area (Å²) in [5.41, 5.74) is 5.25. The number of aromatic nitrogens is 3. The highest BCUT2D eigenvalue weighted by atomic mass is 16.5. The van der Waals surface area contributed by atoms with Crippen molar-refractivity contribution in [2.45, 2.75) is 46.6 Å². The maximum absolute atomic E-state index is 12.5. The third-order valence-electron chi connectivity index (χ3n) is 4.96. The minimum absolute atomic E-state index is 0.127. The topological polar surface area (TPSA) is 69.0 Å². The predicted octanol–water partition coefficient (Wildman–Crippen LogP) is 3.77. The molecule has 1 aromatic carbocycles. The van der Waals surface area contributed by atoms with Gasteiger partial charge in [0.15, 0.2) is 5.82 Å². The molecule has 0 radical (unpaired) electrons. The van der Waals surface area contributed by atoms with Gasteiger partial charge in [-0.25, -0.2) is 4.98 Å². The Balaban J connectivity index is 1.76. The van der Waals surface area contributed by atoms with Crippen molar-refractivity contribution in [2.24, 2.45) is 0 Å². The molecular formula is C21H24N4O2. The lowest BCUT2D eigenvalue weighted by molar-refractivity contribution is -0.124. The zero-order chi connectivity index (χ0) is 19.1.